The van der Waals surface area contributed by atoms with Gasteiger partial charge in [-0.1, -0.05) is 30.3 Å². The SMILES string of the molecule is COc1ccccc1CNC(=O)COC(=O)CCn1cnc2c(C)cccc2c1=O. The minimum Gasteiger partial charge on any atom is -0.496 e. The molecule has 1 amide bonds. The van der Waals surface area contributed by atoms with E-state index in [1.165, 1.54) is 10.9 Å². The van der Waals surface area contributed by atoms with Gasteiger partial charge in [0.1, 0.15) is 5.75 Å². The van der Waals surface area contributed by atoms with Crippen molar-refractivity contribution in [3.05, 3.63) is 70.3 Å². The van der Waals surface area contributed by atoms with Gasteiger partial charge in [0.15, 0.2) is 6.61 Å². The standard InChI is InChI=1S/C22H23N3O5/c1-15-6-5-8-17-21(15)24-14-25(22(17)28)11-10-20(27)30-13-19(26)23-12-16-7-3-4-9-18(16)29-2/h3-9,14H,10-13H2,1-2H3,(H,23,26). The molecule has 8 heteroatoms. The average Bonchev–Trinajstić information content (AvgIpc) is 2.76. The number of benzene rings is 2. The van der Waals surface area contributed by atoms with Crippen molar-refractivity contribution >= 4 is 22.8 Å². The molecule has 2 aromatic carbocycles. The van der Waals surface area contributed by atoms with Crippen LogP contribution in [-0.4, -0.2) is 35.1 Å². The Morgan fingerprint density at radius 1 is 1.13 bits per heavy atom. The van der Waals surface area contributed by atoms with E-state index in [1.807, 2.05) is 31.2 Å². The fourth-order valence-corrected chi connectivity index (χ4v) is 3.02. The van der Waals surface area contributed by atoms with Gasteiger partial charge in [0.05, 0.1) is 30.8 Å². The van der Waals surface area contributed by atoms with Crippen LogP contribution in [0.25, 0.3) is 10.9 Å². The third kappa shape index (κ3) is 5.02. The van der Waals surface area contributed by atoms with Crippen molar-refractivity contribution in [2.24, 2.45) is 0 Å². The van der Waals surface area contributed by atoms with Gasteiger partial charge in [-0.2, -0.15) is 0 Å². The number of aromatic nitrogens is 2. The first-order valence-electron chi connectivity index (χ1n) is 9.48. The number of carbonyl (C=O) groups is 2. The van der Waals surface area contributed by atoms with E-state index in [9.17, 15) is 14.4 Å². The number of nitrogens with zero attached hydrogens (tertiary/aromatic N) is 2. The van der Waals surface area contributed by atoms with Crippen LogP contribution in [0.2, 0.25) is 0 Å². The number of amides is 1. The predicted molar refractivity (Wildman–Crippen MR) is 111 cm³/mol. The number of rotatable bonds is 8. The van der Waals surface area contributed by atoms with Crippen molar-refractivity contribution in [3.63, 3.8) is 0 Å². The molecule has 30 heavy (non-hydrogen) atoms. The second-order valence-corrected chi connectivity index (χ2v) is 6.71. The molecule has 1 aromatic heterocycles. The van der Waals surface area contributed by atoms with Crippen molar-refractivity contribution in [2.45, 2.75) is 26.4 Å². The molecule has 0 spiro atoms. The number of para-hydroxylation sites is 2. The minimum absolute atomic E-state index is 0.0430. The zero-order valence-electron chi connectivity index (χ0n) is 16.9. The smallest absolute Gasteiger partial charge is 0.308 e. The molecule has 1 N–H and O–H groups in total. The number of hydrogen-bond donors (Lipinski definition) is 1. The topological polar surface area (TPSA) is 99.5 Å². The zero-order valence-corrected chi connectivity index (χ0v) is 16.9. The Balaban J connectivity index is 1.48. The van der Waals surface area contributed by atoms with Gasteiger partial charge in [0.2, 0.25) is 0 Å². The Morgan fingerprint density at radius 3 is 2.73 bits per heavy atom. The van der Waals surface area contributed by atoms with Crippen molar-refractivity contribution in [3.8, 4) is 5.75 Å². The molecule has 3 rings (SSSR count). The van der Waals surface area contributed by atoms with Crippen LogP contribution in [0.5, 0.6) is 5.75 Å². The zero-order chi connectivity index (χ0) is 21.5. The lowest BCUT2D eigenvalue weighted by Gasteiger charge is -2.10. The van der Waals surface area contributed by atoms with Gasteiger partial charge in [0, 0.05) is 18.7 Å². The summed E-state index contributed by atoms with van der Waals surface area (Å²) >= 11 is 0. The van der Waals surface area contributed by atoms with Gasteiger partial charge in [-0.25, -0.2) is 4.98 Å². The summed E-state index contributed by atoms with van der Waals surface area (Å²) in [5, 5.41) is 3.18. The highest BCUT2D eigenvalue weighted by Crippen LogP contribution is 2.16. The Labute approximate surface area is 173 Å². The van der Waals surface area contributed by atoms with Gasteiger partial charge in [-0.15, -0.1) is 0 Å². The first-order chi connectivity index (χ1) is 14.5. The van der Waals surface area contributed by atoms with Crippen LogP contribution in [-0.2, 0) is 27.4 Å². The number of ether oxygens (including phenoxy) is 2. The first-order valence-corrected chi connectivity index (χ1v) is 9.48. The molecular weight excluding hydrogens is 386 g/mol. The fraction of sp³-hybridized carbons (Fsp3) is 0.273. The van der Waals surface area contributed by atoms with Crippen LogP contribution in [0.1, 0.15) is 17.5 Å². The molecule has 0 radical (unpaired) electrons. The summed E-state index contributed by atoms with van der Waals surface area (Å²) in [4.78, 5) is 40.7. The predicted octanol–water partition coefficient (Wildman–Crippen LogP) is 1.96. The molecule has 0 unspecified atom stereocenters. The second kappa shape index (κ2) is 9.69. The lowest BCUT2D eigenvalue weighted by atomic mass is 10.1. The molecule has 0 aliphatic rings. The molecule has 1 heterocycles. The quantitative estimate of drug-likeness (QED) is 0.571. The Hall–Kier alpha value is -3.68. The van der Waals surface area contributed by atoms with Crippen LogP contribution in [0.4, 0.5) is 0 Å². The number of fused-ring (bicyclic) bond motifs is 1. The van der Waals surface area contributed by atoms with E-state index >= 15 is 0 Å². The molecule has 0 aliphatic heterocycles. The number of aryl methyl sites for hydroxylation is 2. The molecule has 0 fully saturated rings. The number of carbonyl (C=O) groups excluding carboxylic acids is 2. The highest BCUT2D eigenvalue weighted by atomic mass is 16.5. The third-order valence-corrected chi connectivity index (χ3v) is 4.64. The molecule has 156 valence electrons. The molecule has 0 saturated heterocycles. The summed E-state index contributed by atoms with van der Waals surface area (Å²) in [7, 11) is 1.56. The van der Waals surface area contributed by atoms with Gasteiger partial charge < -0.3 is 14.8 Å². The van der Waals surface area contributed by atoms with Crippen LogP contribution in [0, 0.1) is 6.92 Å². The monoisotopic (exact) mass is 409 g/mol. The summed E-state index contributed by atoms with van der Waals surface area (Å²) in [6.45, 7) is 1.88. The van der Waals surface area contributed by atoms with E-state index in [0.29, 0.717) is 16.7 Å². The van der Waals surface area contributed by atoms with E-state index in [1.54, 1.807) is 25.3 Å². The summed E-state index contributed by atoms with van der Waals surface area (Å²) in [6, 6.07) is 12.7. The van der Waals surface area contributed by atoms with Crippen molar-refractivity contribution in [1.29, 1.82) is 0 Å². The van der Waals surface area contributed by atoms with Crippen molar-refractivity contribution in [1.82, 2.24) is 14.9 Å². The Kier molecular flexibility index (Phi) is 6.79. The van der Waals surface area contributed by atoms with Crippen LogP contribution >= 0.6 is 0 Å². The van der Waals surface area contributed by atoms with Crippen LogP contribution in [0.15, 0.2) is 53.6 Å². The highest BCUT2D eigenvalue weighted by molar-refractivity contribution is 5.81. The molecule has 3 aromatic rings. The van der Waals surface area contributed by atoms with Crippen LogP contribution in [0.3, 0.4) is 0 Å². The number of esters is 1. The first kappa shape index (κ1) is 21.0. The van der Waals surface area contributed by atoms with Gasteiger partial charge in [-0.05, 0) is 24.6 Å². The van der Waals surface area contributed by atoms with Crippen LogP contribution < -0.4 is 15.6 Å². The van der Waals surface area contributed by atoms with E-state index in [0.717, 1.165) is 11.1 Å². The molecule has 0 bridgehead atoms. The summed E-state index contributed by atoms with van der Waals surface area (Å²) in [5.74, 6) is -0.327. The maximum Gasteiger partial charge on any atom is 0.308 e. The number of hydrogen-bond acceptors (Lipinski definition) is 6. The lowest BCUT2D eigenvalue weighted by molar-refractivity contribution is -0.148. The summed E-state index contributed by atoms with van der Waals surface area (Å²) in [6.07, 6.45) is 1.38. The molecular formula is C22H23N3O5. The van der Waals surface area contributed by atoms with E-state index in [2.05, 4.69) is 10.3 Å². The average molecular weight is 409 g/mol. The van der Waals surface area contributed by atoms with Crippen molar-refractivity contribution in [2.75, 3.05) is 13.7 Å². The minimum atomic E-state index is -0.571. The van der Waals surface area contributed by atoms with Gasteiger partial charge in [0.25, 0.3) is 11.5 Å². The van der Waals surface area contributed by atoms with E-state index in [4.69, 9.17) is 9.47 Å². The van der Waals surface area contributed by atoms with Gasteiger partial charge >= 0.3 is 5.97 Å². The summed E-state index contributed by atoms with van der Waals surface area (Å²) < 4.78 is 11.6. The summed E-state index contributed by atoms with van der Waals surface area (Å²) in [5.41, 5.74) is 2.16. The molecule has 0 aliphatic carbocycles. The Morgan fingerprint density at radius 2 is 1.93 bits per heavy atom. The maximum absolute atomic E-state index is 12.5. The maximum atomic E-state index is 12.5. The van der Waals surface area contributed by atoms with E-state index in [-0.39, 0.29) is 25.1 Å². The molecule has 0 atom stereocenters. The molecule has 0 saturated carbocycles. The fourth-order valence-electron chi connectivity index (χ4n) is 3.02. The van der Waals surface area contributed by atoms with Gasteiger partial charge in [-0.3, -0.25) is 19.0 Å². The lowest BCUT2D eigenvalue weighted by Crippen LogP contribution is -2.29. The normalized spacial score (nSPS) is 10.6. The highest BCUT2D eigenvalue weighted by Gasteiger charge is 2.11. The Bertz CT molecular complexity index is 1120. The number of nitrogens with one attached hydrogen (secondary N) is 1. The third-order valence-electron chi connectivity index (χ3n) is 4.64. The number of methoxy groups -OCH3 is 1. The largest absolute Gasteiger partial charge is 0.496 e. The second-order valence-electron chi connectivity index (χ2n) is 6.71. The van der Waals surface area contributed by atoms with E-state index < -0.39 is 18.5 Å². The van der Waals surface area contributed by atoms with Crippen molar-refractivity contribution < 1.29 is 19.1 Å². The molecule has 8 nitrogen and oxygen atoms in total.